The van der Waals surface area contributed by atoms with E-state index in [2.05, 4.69) is 125 Å². The Hall–Kier alpha value is -3.52. The number of para-hydroxylation sites is 2. The molecule has 0 aliphatic carbocycles. The zero-order valence-electron chi connectivity index (χ0n) is 20.9. The Bertz CT molecular complexity index is 1660. The van der Waals surface area contributed by atoms with Gasteiger partial charge in [-0.05, 0) is 46.7 Å². The number of nitrogens with zero attached hydrogens (tertiary/aromatic N) is 1. The van der Waals surface area contributed by atoms with E-state index >= 15 is 0 Å². The number of rotatable bonds is 1. The van der Waals surface area contributed by atoms with Crippen molar-refractivity contribution >= 4 is 43.7 Å². The highest BCUT2D eigenvalue weighted by Gasteiger charge is 2.26. The van der Waals surface area contributed by atoms with Crippen molar-refractivity contribution in [2.45, 2.75) is 52.4 Å². The van der Waals surface area contributed by atoms with E-state index in [9.17, 15) is 0 Å². The molecule has 6 rings (SSSR count). The molecule has 0 saturated carbocycles. The third kappa shape index (κ3) is 3.01. The van der Waals surface area contributed by atoms with Crippen molar-refractivity contribution < 1.29 is 4.42 Å². The number of hydrogen-bond donors (Lipinski definition) is 0. The number of hydrogen-bond acceptors (Lipinski definition) is 1. The summed E-state index contributed by atoms with van der Waals surface area (Å²) < 4.78 is 9.00. The molecule has 6 aromatic rings. The monoisotopic (exact) mass is 445 g/mol. The van der Waals surface area contributed by atoms with E-state index in [1.165, 1.54) is 49.4 Å². The average Bonchev–Trinajstić information content (AvgIpc) is 3.32. The number of aromatic nitrogens is 1. The first-order valence-electron chi connectivity index (χ1n) is 12.1. The summed E-state index contributed by atoms with van der Waals surface area (Å²) in [6, 6.07) is 28.6. The molecule has 0 amide bonds. The largest absolute Gasteiger partial charge is 0.456 e. The van der Waals surface area contributed by atoms with Crippen LogP contribution >= 0.6 is 0 Å². The minimum absolute atomic E-state index is 0.0149. The first-order chi connectivity index (χ1) is 16.1. The van der Waals surface area contributed by atoms with E-state index in [4.69, 9.17) is 4.42 Å². The summed E-state index contributed by atoms with van der Waals surface area (Å²) in [5.41, 5.74) is 8.11. The van der Waals surface area contributed by atoms with Crippen molar-refractivity contribution in [2.75, 3.05) is 0 Å². The number of benzene rings is 4. The van der Waals surface area contributed by atoms with Gasteiger partial charge in [-0.1, -0.05) is 90.1 Å². The van der Waals surface area contributed by atoms with Crippen LogP contribution in [0.25, 0.3) is 49.4 Å². The van der Waals surface area contributed by atoms with Crippen molar-refractivity contribution in [1.29, 1.82) is 0 Å². The third-order valence-electron chi connectivity index (χ3n) is 7.04. The summed E-state index contributed by atoms with van der Waals surface area (Å²) in [5.74, 6) is 0. The second kappa shape index (κ2) is 6.99. The summed E-state index contributed by atoms with van der Waals surface area (Å²) in [4.78, 5) is 0. The zero-order valence-corrected chi connectivity index (χ0v) is 20.9. The molecule has 2 heterocycles. The van der Waals surface area contributed by atoms with Crippen LogP contribution < -0.4 is 0 Å². The van der Waals surface area contributed by atoms with Gasteiger partial charge in [0.05, 0.1) is 11.0 Å². The highest BCUT2D eigenvalue weighted by Crippen LogP contribution is 2.43. The Morgan fingerprint density at radius 1 is 0.588 bits per heavy atom. The van der Waals surface area contributed by atoms with E-state index in [0.717, 1.165) is 11.2 Å². The van der Waals surface area contributed by atoms with E-state index in [1.807, 2.05) is 0 Å². The van der Waals surface area contributed by atoms with Gasteiger partial charge < -0.3 is 8.98 Å². The van der Waals surface area contributed by atoms with Crippen molar-refractivity contribution in [2.24, 2.45) is 0 Å². The van der Waals surface area contributed by atoms with Crippen LogP contribution in [0.3, 0.4) is 0 Å². The van der Waals surface area contributed by atoms with Crippen LogP contribution in [0.4, 0.5) is 0 Å². The second-order valence-electron chi connectivity index (χ2n) is 11.5. The lowest BCUT2D eigenvalue weighted by atomic mass is 9.82. The maximum absolute atomic E-state index is 6.58. The summed E-state index contributed by atoms with van der Waals surface area (Å²) in [7, 11) is 0. The van der Waals surface area contributed by atoms with Crippen LogP contribution in [0.5, 0.6) is 0 Å². The molecule has 0 aliphatic rings. The predicted molar refractivity (Wildman–Crippen MR) is 145 cm³/mol. The minimum Gasteiger partial charge on any atom is -0.456 e. The first kappa shape index (κ1) is 21.0. The summed E-state index contributed by atoms with van der Waals surface area (Å²) in [6.07, 6.45) is 0. The van der Waals surface area contributed by atoms with Gasteiger partial charge in [0.15, 0.2) is 0 Å². The molecule has 0 spiro atoms. The lowest BCUT2D eigenvalue weighted by molar-refractivity contribution is 0.571. The quantitative estimate of drug-likeness (QED) is 0.247. The molecule has 0 radical (unpaired) electrons. The Labute approximate surface area is 200 Å². The Kier molecular flexibility index (Phi) is 4.33. The smallest absolute Gasteiger partial charge is 0.139 e. The summed E-state index contributed by atoms with van der Waals surface area (Å²) in [5, 5.41) is 4.99. The van der Waals surface area contributed by atoms with Crippen molar-refractivity contribution in [3.63, 3.8) is 0 Å². The van der Waals surface area contributed by atoms with Crippen molar-refractivity contribution in [3.8, 4) is 5.69 Å². The van der Waals surface area contributed by atoms with Crippen molar-refractivity contribution in [1.82, 2.24) is 4.57 Å². The van der Waals surface area contributed by atoms with Crippen LogP contribution in [0.1, 0.15) is 52.7 Å². The molecule has 0 unspecified atom stereocenters. The van der Waals surface area contributed by atoms with Gasteiger partial charge >= 0.3 is 0 Å². The molecule has 0 bridgehead atoms. The van der Waals surface area contributed by atoms with Crippen LogP contribution in [0.2, 0.25) is 0 Å². The lowest BCUT2D eigenvalue weighted by Crippen LogP contribution is -2.13. The third-order valence-corrected chi connectivity index (χ3v) is 7.04. The Morgan fingerprint density at radius 3 is 1.76 bits per heavy atom. The van der Waals surface area contributed by atoms with Gasteiger partial charge in [-0.3, -0.25) is 0 Å². The van der Waals surface area contributed by atoms with Gasteiger partial charge in [0.25, 0.3) is 0 Å². The van der Waals surface area contributed by atoms with Crippen molar-refractivity contribution in [3.05, 3.63) is 90.0 Å². The standard InChI is InChI=1S/C32H31NO/c1-31(2,3)24-14-11-17-28-29(24)23-18-20(19-25(30(23)34-28)32(4,5)6)33-26-15-9-7-12-21(26)22-13-8-10-16-27(22)33/h7-19H,1-6H3. The minimum atomic E-state index is -0.0667. The first-order valence-corrected chi connectivity index (χ1v) is 12.1. The van der Waals surface area contributed by atoms with Gasteiger partial charge in [-0.25, -0.2) is 0 Å². The molecule has 0 saturated heterocycles. The average molecular weight is 446 g/mol. The molecule has 0 atom stereocenters. The normalized spacial score (nSPS) is 13.0. The van der Waals surface area contributed by atoms with Crippen LogP contribution in [0.15, 0.2) is 83.3 Å². The summed E-state index contributed by atoms with van der Waals surface area (Å²) >= 11 is 0. The highest BCUT2D eigenvalue weighted by molar-refractivity contribution is 6.11. The summed E-state index contributed by atoms with van der Waals surface area (Å²) in [6.45, 7) is 13.7. The molecule has 2 nitrogen and oxygen atoms in total. The second-order valence-corrected chi connectivity index (χ2v) is 11.5. The maximum atomic E-state index is 6.58. The fourth-order valence-electron chi connectivity index (χ4n) is 5.43. The molecule has 4 aromatic carbocycles. The zero-order chi connectivity index (χ0) is 23.8. The molecule has 0 N–H and O–H groups in total. The highest BCUT2D eigenvalue weighted by atomic mass is 16.3. The molecular weight excluding hydrogens is 414 g/mol. The van der Waals surface area contributed by atoms with E-state index < -0.39 is 0 Å². The maximum Gasteiger partial charge on any atom is 0.139 e. The Balaban J connectivity index is 1.82. The van der Waals surface area contributed by atoms with E-state index in [-0.39, 0.29) is 10.8 Å². The molecule has 170 valence electrons. The van der Waals surface area contributed by atoms with Gasteiger partial charge in [0.2, 0.25) is 0 Å². The van der Waals surface area contributed by atoms with Gasteiger partial charge in [0, 0.05) is 32.8 Å². The molecule has 34 heavy (non-hydrogen) atoms. The van der Waals surface area contributed by atoms with Crippen LogP contribution in [-0.2, 0) is 10.8 Å². The fraction of sp³-hybridized carbons (Fsp3) is 0.250. The van der Waals surface area contributed by atoms with E-state index in [0.29, 0.717) is 0 Å². The fourth-order valence-corrected chi connectivity index (χ4v) is 5.43. The van der Waals surface area contributed by atoms with E-state index in [1.54, 1.807) is 0 Å². The molecular formula is C32H31NO. The number of fused-ring (bicyclic) bond motifs is 6. The SMILES string of the molecule is CC(C)(C)c1cc(-n2c3ccccc3c3ccccc32)cc2c1oc1cccc(C(C)(C)C)c12. The number of furan rings is 1. The Morgan fingerprint density at radius 2 is 1.18 bits per heavy atom. The molecule has 2 heteroatoms. The van der Waals surface area contributed by atoms with Gasteiger partial charge in [-0.15, -0.1) is 0 Å². The van der Waals surface area contributed by atoms with Gasteiger partial charge in [0.1, 0.15) is 11.2 Å². The molecule has 0 fully saturated rings. The lowest BCUT2D eigenvalue weighted by Gasteiger charge is -2.22. The molecule has 2 aromatic heterocycles. The van der Waals surface area contributed by atoms with Crippen LogP contribution in [-0.4, -0.2) is 4.57 Å². The van der Waals surface area contributed by atoms with Crippen LogP contribution in [0, 0.1) is 0 Å². The van der Waals surface area contributed by atoms with Gasteiger partial charge in [-0.2, -0.15) is 0 Å². The topological polar surface area (TPSA) is 18.1 Å². The molecule has 0 aliphatic heterocycles. The predicted octanol–water partition coefficient (Wildman–Crippen LogP) is 9.28.